The minimum atomic E-state index is -1.19. The monoisotopic (exact) mass is 345 g/mol. The molecule has 1 aromatic rings. The normalized spacial score (nSPS) is 13.4. The maximum atomic E-state index is 11.4. The highest BCUT2D eigenvalue weighted by Crippen LogP contribution is 2.27. The molecular formula is C13H16BrNO5. The lowest BCUT2D eigenvalue weighted by Crippen LogP contribution is -2.34. The zero-order valence-corrected chi connectivity index (χ0v) is 12.7. The van der Waals surface area contributed by atoms with Crippen molar-refractivity contribution in [2.24, 2.45) is 0 Å². The Hall–Kier alpha value is -1.44. The predicted molar refractivity (Wildman–Crippen MR) is 75.1 cm³/mol. The van der Waals surface area contributed by atoms with E-state index >= 15 is 0 Å². The van der Waals surface area contributed by atoms with Crippen LogP contribution in [0.25, 0.3) is 0 Å². The molecule has 0 aliphatic heterocycles. The van der Waals surface area contributed by atoms with E-state index in [1.165, 1.54) is 32.2 Å². The zero-order chi connectivity index (χ0) is 15.3. The lowest BCUT2D eigenvalue weighted by atomic mass is 10.0. The van der Waals surface area contributed by atoms with Gasteiger partial charge in [0, 0.05) is 17.9 Å². The summed E-state index contributed by atoms with van der Waals surface area (Å²) in [5.74, 6) is -0.790. The van der Waals surface area contributed by atoms with E-state index < -0.39 is 18.2 Å². The second-order valence-electron chi connectivity index (χ2n) is 4.18. The Bertz CT molecular complexity index is 506. The minimum Gasteiger partial charge on any atom is -0.465 e. The van der Waals surface area contributed by atoms with Crippen molar-refractivity contribution >= 4 is 27.8 Å². The highest BCUT2D eigenvalue weighted by molar-refractivity contribution is 9.10. The van der Waals surface area contributed by atoms with E-state index in [4.69, 9.17) is 0 Å². The zero-order valence-electron chi connectivity index (χ0n) is 11.1. The molecule has 0 aliphatic rings. The standard InChI is InChI=1S/C13H16BrNO5/c1-7(16)15-6-11(17)12(18)9-4-3-8(5-10(9)14)13(19)20-2/h3-5,11-12,17-18H,6H2,1-2H3,(H,15,16). The van der Waals surface area contributed by atoms with E-state index in [2.05, 4.69) is 26.0 Å². The summed E-state index contributed by atoms with van der Waals surface area (Å²) in [6.07, 6.45) is -2.35. The Morgan fingerprint density at radius 1 is 1.40 bits per heavy atom. The number of amides is 1. The van der Waals surface area contributed by atoms with Crippen molar-refractivity contribution in [3.63, 3.8) is 0 Å². The van der Waals surface area contributed by atoms with Gasteiger partial charge in [-0.15, -0.1) is 0 Å². The average molecular weight is 346 g/mol. The van der Waals surface area contributed by atoms with Crippen LogP contribution in [0.1, 0.15) is 28.9 Å². The van der Waals surface area contributed by atoms with Crippen molar-refractivity contribution in [3.8, 4) is 0 Å². The Kier molecular flexibility index (Phi) is 6.12. The number of rotatable bonds is 5. The van der Waals surface area contributed by atoms with Gasteiger partial charge in [0.15, 0.2) is 0 Å². The average Bonchev–Trinajstić information content (AvgIpc) is 2.42. The molecule has 6 nitrogen and oxygen atoms in total. The SMILES string of the molecule is COC(=O)c1ccc(C(O)C(O)CNC(C)=O)c(Br)c1. The molecule has 3 N–H and O–H groups in total. The summed E-state index contributed by atoms with van der Waals surface area (Å²) < 4.78 is 5.05. The second-order valence-corrected chi connectivity index (χ2v) is 5.03. The van der Waals surface area contributed by atoms with E-state index in [9.17, 15) is 19.8 Å². The summed E-state index contributed by atoms with van der Waals surface area (Å²) in [5, 5.41) is 22.2. The smallest absolute Gasteiger partial charge is 0.337 e. The fourth-order valence-corrected chi connectivity index (χ4v) is 2.19. The fraction of sp³-hybridized carbons (Fsp3) is 0.385. The summed E-state index contributed by atoms with van der Waals surface area (Å²) in [5.41, 5.74) is 0.738. The Labute approximate surface area is 124 Å². The molecule has 0 saturated carbocycles. The van der Waals surface area contributed by atoms with Crippen LogP contribution in [-0.4, -0.2) is 41.8 Å². The van der Waals surface area contributed by atoms with E-state index in [1.54, 1.807) is 0 Å². The van der Waals surface area contributed by atoms with Crippen LogP contribution in [0.15, 0.2) is 22.7 Å². The Morgan fingerprint density at radius 2 is 2.05 bits per heavy atom. The quantitative estimate of drug-likeness (QED) is 0.685. The molecule has 0 aliphatic carbocycles. The molecule has 2 unspecified atom stereocenters. The molecule has 1 rings (SSSR count). The molecule has 0 spiro atoms. The fourth-order valence-electron chi connectivity index (χ4n) is 1.58. The topological polar surface area (TPSA) is 95.9 Å². The molecule has 0 radical (unpaired) electrons. The van der Waals surface area contributed by atoms with Gasteiger partial charge in [-0.25, -0.2) is 4.79 Å². The third-order valence-corrected chi connectivity index (χ3v) is 3.35. The van der Waals surface area contributed by atoms with Gasteiger partial charge in [-0.1, -0.05) is 22.0 Å². The summed E-state index contributed by atoms with van der Waals surface area (Å²) in [6, 6.07) is 4.49. The van der Waals surface area contributed by atoms with E-state index in [-0.39, 0.29) is 12.5 Å². The molecule has 0 bridgehead atoms. The molecule has 0 aromatic heterocycles. The number of esters is 1. The lowest BCUT2D eigenvalue weighted by Gasteiger charge is -2.19. The molecule has 2 atom stereocenters. The van der Waals surface area contributed by atoms with Crippen LogP contribution in [0, 0.1) is 0 Å². The molecular weight excluding hydrogens is 330 g/mol. The number of aliphatic hydroxyl groups is 2. The molecule has 110 valence electrons. The van der Waals surface area contributed by atoms with E-state index in [1.807, 2.05) is 0 Å². The van der Waals surface area contributed by atoms with Crippen molar-refractivity contribution in [2.45, 2.75) is 19.1 Å². The summed E-state index contributed by atoms with van der Waals surface area (Å²) >= 11 is 3.23. The highest BCUT2D eigenvalue weighted by Gasteiger charge is 2.21. The second kappa shape index (κ2) is 7.37. The number of nitrogens with one attached hydrogen (secondary N) is 1. The molecule has 1 aromatic carbocycles. The van der Waals surface area contributed by atoms with Crippen LogP contribution in [0.5, 0.6) is 0 Å². The third-order valence-electron chi connectivity index (χ3n) is 2.66. The molecule has 20 heavy (non-hydrogen) atoms. The van der Waals surface area contributed by atoms with Crippen LogP contribution >= 0.6 is 15.9 Å². The van der Waals surface area contributed by atoms with Crippen LogP contribution in [0.3, 0.4) is 0 Å². The number of aliphatic hydroxyl groups excluding tert-OH is 2. The van der Waals surface area contributed by atoms with Crippen LogP contribution in [0.2, 0.25) is 0 Å². The number of ether oxygens (including phenoxy) is 1. The lowest BCUT2D eigenvalue weighted by molar-refractivity contribution is -0.119. The number of methoxy groups -OCH3 is 1. The first kappa shape index (κ1) is 16.6. The largest absolute Gasteiger partial charge is 0.465 e. The van der Waals surface area contributed by atoms with Gasteiger partial charge in [0.2, 0.25) is 5.91 Å². The number of carbonyl (C=O) groups is 2. The van der Waals surface area contributed by atoms with Gasteiger partial charge in [0.1, 0.15) is 12.2 Å². The number of carbonyl (C=O) groups excluding carboxylic acids is 2. The van der Waals surface area contributed by atoms with Crippen molar-refractivity contribution < 1.29 is 24.5 Å². The van der Waals surface area contributed by atoms with Crippen LogP contribution in [-0.2, 0) is 9.53 Å². The van der Waals surface area contributed by atoms with Crippen molar-refractivity contribution in [3.05, 3.63) is 33.8 Å². The van der Waals surface area contributed by atoms with Gasteiger partial charge in [0.05, 0.1) is 12.7 Å². The predicted octanol–water partition coefficient (Wildman–Crippen LogP) is 0.766. The third kappa shape index (κ3) is 4.29. The number of hydrogen-bond donors (Lipinski definition) is 3. The van der Waals surface area contributed by atoms with E-state index in [0.29, 0.717) is 15.6 Å². The van der Waals surface area contributed by atoms with E-state index in [0.717, 1.165) is 0 Å². The first-order valence-electron chi connectivity index (χ1n) is 5.85. The summed E-state index contributed by atoms with van der Waals surface area (Å²) in [7, 11) is 1.27. The van der Waals surface area contributed by atoms with Crippen molar-refractivity contribution in [2.75, 3.05) is 13.7 Å². The minimum absolute atomic E-state index is 0.0678. The highest BCUT2D eigenvalue weighted by atomic mass is 79.9. The van der Waals surface area contributed by atoms with Gasteiger partial charge >= 0.3 is 5.97 Å². The number of halogens is 1. The molecule has 1 amide bonds. The number of hydrogen-bond acceptors (Lipinski definition) is 5. The van der Waals surface area contributed by atoms with Gasteiger partial charge in [-0.2, -0.15) is 0 Å². The summed E-state index contributed by atoms with van der Waals surface area (Å²) in [6.45, 7) is 1.25. The summed E-state index contributed by atoms with van der Waals surface area (Å²) in [4.78, 5) is 22.1. The van der Waals surface area contributed by atoms with Gasteiger partial charge < -0.3 is 20.3 Å². The van der Waals surface area contributed by atoms with Crippen LogP contribution in [0.4, 0.5) is 0 Å². The Balaban J connectivity index is 2.85. The van der Waals surface area contributed by atoms with Gasteiger partial charge in [-0.05, 0) is 17.7 Å². The van der Waals surface area contributed by atoms with Crippen molar-refractivity contribution in [1.29, 1.82) is 0 Å². The Morgan fingerprint density at radius 3 is 2.55 bits per heavy atom. The molecule has 0 fully saturated rings. The first-order chi connectivity index (χ1) is 9.36. The van der Waals surface area contributed by atoms with Crippen molar-refractivity contribution in [1.82, 2.24) is 5.32 Å². The molecule has 7 heteroatoms. The molecule has 0 saturated heterocycles. The van der Waals surface area contributed by atoms with Crippen LogP contribution < -0.4 is 5.32 Å². The number of benzene rings is 1. The maximum absolute atomic E-state index is 11.4. The first-order valence-corrected chi connectivity index (χ1v) is 6.64. The molecule has 0 heterocycles. The van der Waals surface area contributed by atoms with Gasteiger partial charge in [0.25, 0.3) is 0 Å². The maximum Gasteiger partial charge on any atom is 0.337 e. The van der Waals surface area contributed by atoms with Gasteiger partial charge in [-0.3, -0.25) is 4.79 Å².